The maximum Gasteiger partial charge on any atom is 0.371 e. The van der Waals surface area contributed by atoms with E-state index in [0.29, 0.717) is 0 Å². The van der Waals surface area contributed by atoms with Gasteiger partial charge in [0.15, 0.2) is 11.6 Å². The first-order valence-electron chi connectivity index (χ1n) is 6.82. The maximum absolute atomic E-state index is 13.4. The van der Waals surface area contributed by atoms with Gasteiger partial charge in [0.25, 0.3) is 0 Å². The molecule has 24 heavy (non-hydrogen) atoms. The van der Waals surface area contributed by atoms with Gasteiger partial charge in [-0.3, -0.25) is 0 Å². The second kappa shape index (κ2) is 6.33. The van der Waals surface area contributed by atoms with Crippen LogP contribution in [0.25, 0.3) is 0 Å². The van der Waals surface area contributed by atoms with Gasteiger partial charge >= 0.3 is 5.97 Å². The fourth-order valence-electron chi connectivity index (χ4n) is 2.17. The van der Waals surface area contributed by atoms with Crippen LogP contribution in [0, 0.1) is 18.6 Å². The molecular weight excluding hydrogens is 344 g/mol. The van der Waals surface area contributed by atoms with E-state index in [1.54, 1.807) is 0 Å². The normalized spacial score (nSPS) is 13.2. The highest BCUT2D eigenvalue weighted by atomic mass is 32.2. The molecule has 130 valence electrons. The molecule has 0 aliphatic heterocycles. The average Bonchev–Trinajstić information content (AvgIpc) is 2.91. The molecule has 1 heterocycles. The third-order valence-electron chi connectivity index (χ3n) is 3.71. The van der Waals surface area contributed by atoms with Crippen molar-refractivity contribution < 1.29 is 31.5 Å². The lowest BCUT2D eigenvalue weighted by molar-refractivity contribution is 0.0661. The van der Waals surface area contributed by atoms with Crippen molar-refractivity contribution in [2.75, 3.05) is 7.05 Å². The van der Waals surface area contributed by atoms with Gasteiger partial charge in [-0.05, 0) is 31.5 Å². The van der Waals surface area contributed by atoms with Crippen molar-refractivity contribution in [3.05, 3.63) is 53.0 Å². The third kappa shape index (κ3) is 3.17. The van der Waals surface area contributed by atoms with Crippen LogP contribution in [0.15, 0.2) is 33.6 Å². The monoisotopic (exact) mass is 359 g/mol. The number of carboxylic acids is 1. The largest absolute Gasteiger partial charge is 0.475 e. The minimum atomic E-state index is -4.09. The minimum Gasteiger partial charge on any atom is -0.475 e. The molecular formula is C15H15F2NO5S. The van der Waals surface area contributed by atoms with Crippen molar-refractivity contribution in [1.82, 2.24) is 4.31 Å². The second-order valence-corrected chi connectivity index (χ2v) is 7.17. The summed E-state index contributed by atoms with van der Waals surface area (Å²) in [4.78, 5) is 10.6. The lowest BCUT2D eigenvalue weighted by Gasteiger charge is -2.24. The Hall–Kier alpha value is -2.26. The molecule has 0 aliphatic rings. The van der Waals surface area contributed by atoms with Crippen molar-refractivity contribution in [2.24, 2.45) is 0 Å². The molecule has 2 aromatic rings. The molecule has 0 fully saturated rings. The van der Waals surface area contributed by atoms with E-state index in [-0.39, 0.29) is 16.2 Å². The Balaban J connectivity index is 2.41. The number of carbonyl (C=O) groups is 1. The topological polar surface area (TPSA) is 87.8 Å². The molecule has 1 atom stereocenters. The van der Waals surface area contributed by atoms with Gasteiger partial charge in [-0.2, -0.15) is 4.31 Å². The minimum absolute atomic E-state index is 0.0725. The van der Waals surface area contributed by atoms with E-state index >= 15 is 0 Å². The maximum atomic E-state index is 13.4. The second-order valence-electron chi connectivity index (χ2n) is 5.21. The Morgan fingerprint density at radius 3 is 2.38 bits per heavy atom. The van der Waals surface area contributed by atoms with E-state index in [9.17, 15) is 22.0 Å². The predicted octanol–water partition coefficient (Wildman–Crippen LogP) is 2.95. The van der Waals surface area contributed by atoms with Crippen molar-refractivity contribution >= 4 is 16.0 Å². The Morgan fingerprint density at radius 2 is 1.88 bits per heavy atom. The molecule has 0 bridgehead atoms. The number of hydrogen-bond donors (Lipinski definition) is 1. The van der Waals surface area contributed by atoms with E-state index in [2.05, 4.69) is 0 Å². The molecule has 0 saturated heterocycles. The molecule has 9 heteroatoms. The molecule has 1 unspecified atom stereocenters. The van der Waals surface area contributed by atoms with Crippen molar-refractivity contribution in [3.63, 3.8) is 0 Å². The fraction of sp³-hybridized carbons (Fsp3) is 0.267. The zero-order valence-corrected chi connectivity index (χ0v) is 13.9. The Kier molecular flexibility index (Phi) is 4.77. The predicted molar refractivity (Wildman–Crippen MR) is 80.1 cm³/mol. The number of benzene rings is 1. The summed E-state index contributed by atoms with van der Waals surface area (Å²) in [7, 11) is -2.83. The number of hydrogen-bond acceptors (Lipinski definition) is 4. The van der Waals surface area contributed by atoms with Crippen molar-refractivity contribution in [2.45, 2.75) is 24.8 Å². The Labute approximate surface area is 137 Å². The van der Waals surface area contributed by atoms with Crippen LogP contribution in [-0.4, -0.2) is 30.8 Å². The Bertz CT molecular complexity index is 891. The van der Waals surface area contributed by atoms with Crippen molar-refractivity contribution in [3.8, 4) is 0 Å². The van der Waals surface area contributed by atoms with E-state index < -0.39 is 39.4 Å². The highest BCUT2D eigenvalue weighted by molar-refractivity contribution is 7.89. The summed E-state index contributed by atoms with van der Waals surface area (Å²) in [6.45, 7) is 2.83. The Morgan fingerprint density at radius 1 is 1.25 bits per heavy atom. The molecule has 0 radical (unpaired) electrons. The van der Waals surface area contributed by atoms with Crippen LogP contribution in [0.5, 0.6) is 0 Å². The molecule has 0 saturated carbocycles. The first-order valence-corrected chi connectivity index (χ1v) is 8.26. The van der Waals surface area contributed by atoms with Gasteiger partial charge in [0.1, 0.15) is 10.7 Å². The number of rotatable bonds is 5. The SMILES string of the molecule is Cc1oc(C(=O)O)cc1S(=O)(=O)N(C)C(C)c1ccc(F)c(F)c1. The molecule has 0 amide bonds. The zero-order chi connectivity index (χ0) is 18.2. The summed E-state index contributed by atoms with van der Waals surface area (Å²) >= 11 is 0. The lowest BCUT2D eigenvalue weighted by atomic mass is 10.1. The van der Waals surface area contributed by atoms with E-state index in [1.807, 2.05) is 0 Å². The highest BCUT2D eigenvalue weighted by Crippen LogP contribution is 2.29. The summed E-state index contributed by atoms with van der Waals surface area (Å²) in [5.74, 6) is -4.08. The summed E-state index contributed by atoms with van der Waals surface area (Å²) in [6.07, 6.45) is 0. The molecule has 1 aromatic carbocycles. The third-order valence-corrected chi connectivity index (χ3v) is 5.75. The summed E-state index contributed by atoms with van der Waals surface area (Å²) < 4.78 is 57.5. The zero-order valence-electron chi connectivity index (χ0n) is 13.1. The summed E-state index contributed by atoms with van der Waals surface area (Å²) in [5, 5.41) is 8.89. The first-order chi connectivity index (χ1) is 11.1. The number of halogens is 2. The number of sulfonamides is 1. The van der Waals surface area contributed by atoms with Crippen LogP contribution in [0.2, 0.25) is 0 Å². The van der Waals surface area contributed by atoms with Crippen LogP contribution in [0.4, 0.5) is 8.78 Å². The van der Waals surface area contributed by atoms with Crippen LogP contribution in [0.3, 0.4) is 0 Å². The average molecular weight is 359 g/mol. The van der Waals surface area contributed by atoms with Crippen LogP contribution in [-0.2, 0) is 10.0 Å². The number of carboxylic acid groups (broad SMARTS) is 1. The van der Waals surface area contributed by atoms with Gasteiger partial charge < -0.3 is 9.52 Å². The number of nitrogens with zero attached hydrogens (tertiary/aromatic N) is 1. The number of aromatic carboxylic acids is 1. The van der Waals surface area contributed by atoms with Gasteiger partial charge in [-0.25, -0.2) is 22.0 Å². The molecule has 2 rings (SSSR count). The van der Waals surface area contributed by atoms with Gasteiger partial charge in [0.05, 0.1) is 0 Å². The molecule has 6 nitrogen and oxygen atoms in total. The van der Waals surface area contributed by atoms with Gasteiger partial charge in [0.2, 0.25) is 15.8 Å². The van der Waals surface area contributed by atoms with Crippen LogP contribution < -0.4 is 0 Å². The number of aryl methyl sites for hydroxylation is 1. The first kappa shape index (κ1) is 18.1. The van der Waals surface area contributed by atoms with Crippen LogP contribution in [0.1, 0.15) is 34.8 Å². The molecule has 0 spiro atoms. The fourth-order valence-corrected chi connectivity index (χ4v) is 3.68. The lowest BCUT2D eigenvalue weighted by Crippen LogP contribution is -2.30. The summed E-state index contributed by atoms with van der Waals surface area (Å²) in [5.41, 5.74) is 0.250. The molecule has 1 N–H and O–H groups in total. The summed E-state index contributed by atoms with van der Waals surface area (Å²) in [6, 6.07) is 3.21. The van der Waals surface area contributed by atoms with Crippen molar-refractivity contribution in [1.29, 1.82) is 0 Å². The van der Waals surface area contributed by atoms with Gasteiger partial charge in [-0.1, -0.05) is 6.07 Å². The van der Waals surface area contributed by atoms with E-state index in [1.165, 1.54) is 27.0 Å². The standard InChI is InChI=1S/C15H15F2NO5S/c1-8(10-4-5-11(16)12(17)6-10)18(3)24(21,22)14-7-13(15(19)20)23-9(14)2/h4-8H,1-3H3,(H,19,20). The molecule has 1 aromatic heterocycles. The van der Waals surface area contributed by atoms with Gasteiger partial charge in [0, 0.05) is 19.2 Å². The van der Waals surface area contributed by atoms with Gasteiger partial charge in [-0.15, -0.1) is 0 Å². The smallest absolute Gasteiger partial charge is 0.371 e. The highest BCUT2D eigenvalue weighted by Gasteiger charge is 2.31. The van der Waals surface area contributed by atoms with Crippen LogP contribution >= 0.6 is 0 Å². The van der Waals surface area contributed by atoms with E-state index in [4.69, 9.17) is 9.52 Å². The number of furan rings is 1. The quantitative estimate of drug-likeness (QED) is 0.887. The molecule has 0 aliphatic carbocycles. The van der Waals surface area contributed by atoms with E-state index in [0.717, 1.165) is 22.5 Å².